The van der Waals surface area contributed by atoms with Crippen LogP contribution in [0.1, 0.15) is 11.1 Å². The van der Waals surface area contributed by atoms with Crippen LogP contribution in [0.15, 0.2) is 84.0 Å². The summed E-state index contributed by atoms with van der Waals surface area (Å²) >= 11 is 0. The first-order valence-electron chi connectivity index (χ1n) is 9.40. The number of hydrazine groups is 1. The van der Waals surface area contributed by atoms with Crippen LogP contribution in [0.4, 0.5) is 5.69 Å². The number of hydrogen-bond donors (Lipinski definition) is 1. The number of hydrogen-bond acceptors (Lipinski definition) is 6. The van der Waals surface area contributed by atoms with Crippen molar-refractivity contribution in [3.63, 3.8) is 0 Å². The van der Waals surface area contributed by atoms with E-state index in [0.717, 1.165) is 27.9 Å². The Bertz CT molecular complexity index is 1080. The van der Waals surface area contributed by atoms with Gasteiger partial charge in [-0.15, -0.1) is 5.10 Å². The third-order valence-corrected chi connectivity index (χ3v) is 5.45. The molecule has 0 unspecified atom stereocenters. The maximum absolute atomic E-state index is 12.4. The summed E-state index contributed by atoms with van der Waals surface area (Å²) < 4.78 is 4.96. The summed E-state index contributed by atoms with van der Waals surface area (Å²) in [7, 11) is 3.14. The first-order chi connectivity index (χ1) is 14.2. The van der Waals surface area contributed by atoms with E-state index in [0.29, 0.717) is 0 Å². The van der Waals surface area contributed by atoms with E-state index < -0.39 is 11.6 Å². The second kappa shape index (κ2) is 6.46. The Kier molecular flexibility index (Phi) is 3.89. The van der Waals surface area contributed by atoms with Gasteiger partial charge in [0.1, 0.15) is 0 Å². The van der Waals surface area contributed by atoms with Gasteiger partial charge in [0.2, 0.25) is 5.84 Å². The summed E-state index contributed by atoms with van der Waals surface area (Å²) in [6, 6.07) is 26.4. The minimum Gasteiger partial charge on any atom is -0.463 e. The second-order valence-electron chi connectivity index (χ2n) is 7.03. The lowest BCUT2D eigenvalue weighted by Gasteiger charge is -2.47. The molecule has 0 radical (unpaired) electrons. The number of nitrogens with one attached hydrogen (secondary N) is 1. The molecule has 0 amide bonds. The highest BCUT2D eigenvalue weighted by Gasteiger charge is 2.52. The number of hydrazone groups is 1. The molecule has 1 heterocycles. The molecule has 29 heavy (non-hydrogen) atoms. The first kappa shape index (κ1) is 17.5. The van der Waals surface area contributed by atoms with Gasteiger partial charge in [0.15, 0.2) is 5.66 Å². The third-order valence-electron chi connectivity index (χ3n) is 5.45. The van der Waals surface area contributed by atoms with Gasteiger partial charge in [-0.2, -0.15) is 5.43 Å². The van der Waals surface area contributed by atoms with E-state index in [1.807, 2.05) is 59.6 Å². The number of benzene rings is 3. The smallest absolute Gasteiger partial charge is 0.377 e. The van der Waals surface area contributed by atoms with E-state index in [-0.39, 0.29) is 5.84 Å². The molecular formula is C23H20N4O2. The summed E-state index contributed by atoms with van der Waals surface area (Å²) in [5.41, 5.74) is 8.04. The Morgan fingerprint density at radius 2 is 1.45 bits per heavy atom. The molecule has 3 aromatic carbocycles. The highest BCUT2D eigenvalue weighted by molar-refractivity contribution is 6.35. The third kappa shape index (κ3) is 2.39. The van der Waals surface area contributed by atoms with Gasteiger partial charge in [0.05, 0.1) is 12.8 Å². The Labute approximate surface area is 169 Å². The molecule has 1 aliphatic carbocycles. The molecule has 0 saturated carbocycles. The maximum atomic E-state index is 12.4. The van der Waals surface area contributed by atoms with Crippen molar-refractivity contribution >= 4 is 17.5 Å². The average molecular weight is 384 g/mol. The van der Waals surface area contributed by atoms with Crippen molar-refractivity contribution in [3.8, 4) is 11.1 Å². The number of anilines is 1. The fourth-order valence-electron chi connectivity index (χ4n) is 4.23. The lowest BCUT2D eigenvalue weighted by molar-refractivity contribution is -0.134. The zero-order valence-electron chi connectivity index (χ0n) is 16.2. The van der Waals surface area contributed by atoms with Gasteiger partial charge in [0, 0.05) is 18.2 Å². The van der Waals surface area contributed by atoms with E-state index in [4.69, 9.17) is 9.84 Å². The number of esters is 1. The SMILES string of the molecule is COC(=O)C1=NN(c2ccccc2)C2(NN1C)c1ccccc1-c1ccccc12. The van der Waals surface area contributed by atoms with Crippen LogP contribution in [-0.2, 0) is 15.2 Å². The van der Waals surface area contributed by atoms with Gasteiger partial charge < -0.3 is 4.74 Å². The van der Waals surface area contributed by atoms with Gasteiger partial charge in [-0.05, 0) is 23.3 Å². The number of para-hydroxylation sites is 1. The number of methoxy groups -OCH3 is 1. The number of fused-ring (bicyclic) bond motifs is 5. The number of ether oxygens (including phenoxy) is 1. The number of amidine groups is 1. The molecule has 0 atom stereocenters. The van der Waals surface area contributed by atoms with Crippen molar-refractivity contribution < 1.29 is 9.53 Å². The second-order valence-corrected chi connectivity index (χ2v) is 7.03. The Morgan fingerprint density at radius 3 is 2.03 bits per heavy atom. The van der Waals surface area contributed by atoms with Gasteiger partial charge in [-0.25, -0.2) is 9.80 Å². The zero-order chi connectivity index (χ0) is 20.0. The first-order valence-corrected chi connectivity index (χ1v) is 9.40. The van der Waals surface area contributed by atoms with Crippen LogP contribution in [0.3, 0.4) is 0 Å². The van der Waals surface area contributed by atoms with Crippen LogP contribution in [0, 0.1) is 0 Å². The molecule has 2 aliphatic rings. The fourth-order valence-corrected chi connectivity index (χ4v) is 4.23. The maximum Gasteiger partial charge on any atom is 0.377 e. The van der Waals surface area contributed by atoms with Crippen LogP contribution in [0.5, 0.6) is 0 Å². The van der Waals surface area contributed by atoms with Gasteiger partial charge >= 0.3 is 5.97 Å². The standard InChI is InChI=1S/C23H20N4O2/c1-26-21(22(28)29-2)24-27(16-10-4-3-5-11-16)23(25-26)19-14-8-6-12-17(19)18-13-7-9-15-20(18)23/h3-15,25H,1-2H3. The highest BCUT2D eigenvalue weighted by atomic mass is 16.5. The average Bonchev–Trinajstić information content (AvgIpc) is 3.05. The molecule has 0 saturated heterocycles. The molecular weight excluding hydrogens is 364 g/mol. The predicted octanol–water partition coefficient (Wildman–Crippen LogP) is 3.31. The Hall–Kier alpha value is -3.64. The lowest BCUT2D eigenvalue weighted by atomic mass is 9.95. The highest BCUT2D eigenvalue weighted by Crippen LogP contribution is 2.51. The summed E-state index contributed by atoms with van der Waals surface area (Å²) in [5, 5.41) is 8.30. The molecule has 6 heteroatoms. The number of carbonyl (C=O) groups excluding carboxylic acids is 1. The summed E-state index contributed by atoms with van der Waals surface area (Å²) in [6.45, 7) is 0. The summed E-state index contributed by atoms with van der Waals surface area (Å²) in [6.07, 6.45) is 0. The van der Waals surface area contributed by atoms with E-state index in [1.165, 1.54) is 7.11 Å². The molecule has 0 bridgehead atoms. The number of likely N-dealkylation sites (N-methyl/N-ethyl adjacent to an activating group) is 1. The molecule has 0 aromatic heterocycles. The topological polar surface area (TPSA) is 57.2 Å². The van der Waals surface area contributed by atoms with E-state index >= 15 is 0 Å². The fraction of sp³-hybridized carbons (Fsp3) is 0.130. The number of carbonyl (C=O) groups is 1. The molecule has 1 N–H and O–H groups in total. The van der Waals surface area contributed by atoms with Crippen LogP contribution >= 0.6 is 0 Å². The van der Waals surface area contributed by atoms with Gasteiger partial charge in [-0.3, -0.25) is 5.01 Å². The van der Waals surface area contributed by atoms with Crippen LogP contribution in [-0.4, -0.2) is 31.0 Å². The van der Waals surface area contributed by atoms with Gasteiger partial charge in [-0.1, -0.05) is 66.7 Å². The molecule has 1 spiro atoms. The minimum absolute atomic E-state index is 0.184. The quantitative estimate of drug-likeness (QED) is 0.687. The van der Waals surface area contributed by atoms with Crippen LogP contribution in [0.2, 0.25) is 0 Å². The normalized spacial score (nSPS) is 16.3. The van der Waals surface area contributed by atoms with E-state index in [2.05, 4.69) is 29.7 Å². The molecule has 3 aromatic rings. The number of nitrogens with zero attached hydrogens (tertiary/aromatic N) is 3. The van der Waals surface area contributed by atoms with Crippen molar-refractivity contribution in [2.75, 3.05) is 19.2 Å². The van der Waals surface area contributed by atoms with Crippen molar-refractivity contribution in [1.29, 1.82) is 0 Å². The van der Waals surface area contributed by atoms with Crippen LogP contribution in [0.25, 0.3) is 11.1 Å². The van der Waals surface area contributed by atoms with Crippen molar-refractivity contribution in [3.05, 3.63) is 90.0 Å². The minimum atomic E-state index is -0.791. The van der Waals surface area contributed by atoms with Crippen LogP contribution < -0.4 is 10.4 Å². The molecule has 144 valence electrons. The van der Waals surface area contributed by atoms with Gasteiger partial charge in [0.25, 0.3) is 0 Å². The van der Waals surface area contributed by atoms with E-state index in [1.54, 1.807) is 12.1 Å². The Balaban J connectivity index is 1.83. The summed E-state index contributed by atoms with van der Waals surface area (Å²) in [5.74, 6) is -0.320. The molecule has 1 aliphatic heterocycles. The zero-order valence-corrected chi connectivity index (χ0v) is 16.2. The monoisotopic (exact) mass is 384 g/mol. The summed E-state index contributed by atoms with van der Waals surface area (Å²) in [4.78, 5) is 12.4. The lowest BCUT2D eigenvalue weighted by Crippen LogP contribution is -2.65. The molecule has 6 nitrogen and oxygen atoms in total. The van der Waals surface area contributed by atoms with Crippen molar-refractivity contribution in [2.45, 2.75) is 5.66 Å². The van der Waals surface area contributed by atoms with Crippen molar-refractivity contribution in [2.24, 2.45) is 5.10 Å². The molecule has 0 fully saturated rings. The Morgan fingerprint density at radius 1 is 0.897 bits per heavy atom. The largest absolute Gasteiger partial charge is 0.463 e. The molecule has 5 rings (SSSR count). The van der Waals surface area contributed by atoms with Crippen molar-refractivity contribution in [1.82, 2.24) is 10.4 Å². The van der Waals surface area contributed by atoms with E-state index in [9.17, 15) is 4.79 Å². The number of rotatable bonds is 2. The predicted molar refractivity (Wildman–Crippen MR) is 112 cm³/mol.